The first kappa shape index (κ1) is 12.2. The van der Waals surface area contributed by atoms with Crippen molar-refractivity contribution in [2.24, 2.45) is 0 Å². The van der Waals surface area contributed by atoms with E-state index in [2.05, 4.69) is 28.4 Å². The topological polar surface area (TPSA) is 24.5 Å². The molecule has 2 atom stereocenters. The van der Waals surface area contributed by atoms with Crippen molar-refractivity contribution in [3.8, 4) is 5.75 Å². The number of nitrogens with zero attached hydrogens (tertiary/aromatic N) is 1. The zero-order chi connectivity index (χ0) is 12.3. The van der Waals surface area contributed by atoms with Crippen molar-refractivity contribution in [1.29, 1.82) is 0 Å². The summed E-state index contributed by atoms with van der Waals surface area (Å²) in [5, 5.41) is 3.32. The van der Waals surface area contributed by atoms with Gasteiger partial charge in [-0.2, -0.15) is 0 Å². The lowest BCUT2D eigenvalue weighted by Crippen LogP contribution is -2.23. The molecule has 3 heteroatoms. The standard InChI is InChI=1S/C14H22N2O/c1-15-11-7-8-14(9-11)17-13-6-4-5-12(10-13)16(2)3/h4-6,10-11,14-15H,7-9H2,1-3H3. The minimum atomic E-state index is 0.366. The lowest BCUT2D eigenvalue weighted by Gasteiger charge is -2.17. The molecule has 17 heavy (non-hydrogen) atoms. The van der Waals surface area contributed by atoms with Crippen LogP contribution in [0, 0.1) is 0 Å². The van der Waals surface area contributed by atoms with Crippen molar-refractivity contribution in [2.75, 3.05) is 26.0 Å². The van der Waals surface area contributed by atoms with Crippen molar-refractivity contribution in [1.82, 2.24) is 5.32 Å². The first-order valence-corrected chi connectivity index (χ1v) is 6.30. The van der Waals surface area contributed by atoms with Gasteiger partial charge >= 0.3 is 0 Å². The predicted molar refractivity (Wildman–Crippen MR) is 71.9 cm³/mol. The van der Waals surface area contributed by atoms with Gasteiger partial charge in [-0.15, -0.1) is 0 Å². The molecule has 0 aromatic heterocycles. The van der Waals surface area contributed by atoms with Gasteiger partial charge in [0, 0.05) is 31.9 Å². The fourth-order valence-electron chi connectivity index (χ4n) is 2.34. The quantitative estimate of drug-likeness (QED) is 0.865. The van der Waals surface area contributed by atoms with E-state index in [0.717, 1.165) is 18.6 Å². The number of benzene rings is 1. The molecule has 0 heterocycles. The summed E-state index contributed by atoms with van der Waals surface area (Å²) < 4.78 is 6.03. The lowest BCUT2D eigenvalue weighted by atomic mass is 10.2. The van der Waals surface area contributed by atoms with E-state index in [-0.39, 0.29) is 0 Å². The van der Waals surface area contributed by atoms with Crippen LogP contribution in [0.4, 0.5) is 5.69 Å². The van der Waals surface area contributed by atoms with E-state index in [9.17, 15) is 0 Å². The Kier molecular flexibility index (Phi) is 3.89. The highest BCUT2D eigenvalue weighted by atomic mass is 16.5. The lowest BCUT2D eigenvalue weighted by molar-refractivity contribution is 0.207. The highest BCUT2D eigenvalue weighted by molar-refractivity contribution is 5.49. The Morgan fingerprint density at radius 2 is 2.12 bits per heavy atom. The summed E-state index contributed by atoms with van der Waals surface area (Å²) in [6.45, 7) is 0. The van der Waals surface area contributed by atoms with Gasteiger partial charge in [0.2, 0.25) is 0 Å². The van der Waals surface area contributed by atoms with Crippen LogP contribution in [-0.4, -0.2) is 33.3 Å². The summed E-state index contributed by atoms with van der Waals surface area (Å²) in [6.07, 6.45) is 3.85. The summed E-state index contributed by atoms with van der Waals surface area (Å²) in [6, 6.07) is 8.91. The van der Waals surface area contributed by atoms with E-state index in [1.54, 1.807) is 0 Å². The molecule has 1 aliphatic rings. The molecule has 1 aromatic rings. The molecule has 0 amide bonds. The third-order valence-electron chi connectivity index (χ3n) is 3.43. The molecule has 94 valence electrons. The second kappa shape index (κ2) is 5.41. The van der Waals surface area contributed by atoms with Crippen molar-refractivity contribution >= 4 is 5.69 Å². The fourth-order valence-corrected chi connectivity index (χ4v) is 2.34. The van der Waals surface area contributed by atoms with E-state index >= 15 is 0 Å². The number of ether oxygens (including phenoxy) is 1. The van der Waals surface area contributed by atoms with Gasteiger partial charge in [0.05, 0.1) is 0 Å². The number of anilines is 1. The highest BCUT2D eigenvalue weighted by Crippen LogP contribution is 2.26. The van der Waals surface area contributed by atoms with Crippen LogP contribution in [-0.2, 0) is 0 Å². The van der Waals surface area contributed by atoms with Gasteiger partial charge < -0.3 is 15.0 Å². The number of hydrogen-bond acceptors (Lipinski definition) is 3. The second-order valence-corrected chi connectivity index (χ2v) is 4.93. The van der Waals surface area contributed by atoms with Crippen LogP contribution >= 0.6 is 0 Å². The normalized spacial score (nSPS) is 23.7. The van der Waals surface area contributed by atoms with Gasteiger partial charge in [-0.1, -0.05) is 6.07 Å². The first-order valence-electron chi connectivity index (χ1n) is 6.30. The van der Waals surface area contributed by atoms with Crippen LogP contribution in [0.3, 0.4) is 0 Å². The summed E-state index contributed by atoms with van der Waals surface area (Å²) in [5.74, 6) is 0.984. The number of rotatable bonds is 4. The Morgan fingerprint density at radius 3 is 2.76 bits per heavy atom. The van der Waals surface area contributed by atoms with Crippen LogP contribution < -0.4 is 15.0 Å². The Bertz CT molecular complexity index is 365. The molecule has 0 bridgehead atoms. The minimum Gasteiger partial charge on any atom is -0.490 e. The molecular formula is C14H22N2O. The van der Waals surface area contributed by atoms with Crippen LogP contribution in [0.15, 0.2) is 24.3 Å². The van der Waals surface area contributed by atoms with Crippen LogP contribution in [0.2, 0.25) is 0 Å². The monoisotopic (exact) mass is 234 g/mol. The molecule has 1 aliphatic carbocycles. The van der Waals surface area contributed by atoms with E-state index in [4.69, 9.17) is 4.74 Å². The highest BCUT2D eigenvalue weighted by Gasteiger charge is 2.24. The third kappa shape index (κ3) is 3.13. The zero-order valence-electron chi connectivity index (χ0n) is 10.9. The number of nitrogens with one attached hydrogen (secondary N) is 1. The van der Waals surface area contributed by atoms with Crippen molar-refractivity contribution in [3.63, 3.8) is 0 Å². The molecule has 1 aromatic carbocycles. The summed E-state index contributed by atoms with van der Waals surface area (Å²) >= 11 is 0. The van der Waals surface area contributed by atoms with Crippen molar-refractivity contribution in [3.05, 3.63) is 24.3 Å². The van der Waals surface area contributed by atoms with Gasteiger partial charge in [0.1, 0.15) is 11.9 Å². The smallest absolute Gasteiger partial charge is 0.121 e. The Balaban J connectivity index is 1.97. The van der Waals surface area contributed by atoms with Gasteiger partial charge in [-0.25, -0.2) is 0 Å². The molecule has 1 N–H and O–H groups in total. The SMILES string of the molecule is CNC1CCC(Oc2cccc(N(C)C)c2)C1. The average Bonchev–Trinajstić information content (AvgIpc) is 2.77. The first-order chi connectivity index (χ1) is 8.19. The average molecular weight is 234 g/mol. The number of hydrogen-bond donors (Lipinski definition) is 1. The molecule has 2 rings (SSSR count). The zero-order valence-corrected chi connectivity index (χ0v) is 10.9. The molecule has 0 aliphatic heterocycles. The summed E-state index contributed by atoms with van der Waals surface area (Å²) in [4.78, 5) is 2.10. The predicted octanol–water partition coefficient (Wildman–Crippen LogP) is 2.27. The van der Waals surface area contributed by atoms with E-state index in [1.165, 1.54) is 12.1 Å². The molecule has 1 saturated carbocycles. The maximum Gasteiger partial charge on any atom is 0.121 e. The Labute approximate surface area is 104 Å². The molecule has 3 nitrogen and oxygen atoms in total. The Morgan fingerprint density at radius 1 is 1.29 bits per heavy atom. The molecule has 0 saturated heterocycles. The van der Waals surface area contributed by atoms with Crippen molar-refractivity contribution in [2.45, 2.75) is 31.4 Å². The van der Waals surface area contributed by atoms with Gasteiger partial charge in [0.25, 0.3) is 0 Å². The van der Waals surface area contributed by atoms with Crippen molar-refractivity contribution < 1.29 is 4.74 Å². The minimum absolute atomic E-state index is 0.366. The van der Waals surface area contributed by atoms with Gasteiger partial charge in [0.15, 0.2) is 0 Å². The molecule has 1 fully saturated rings. The van der Waals surface area contributed by atoms with E-state index < -0.39 is 0 Å². The molecule has 0 radical (unpaired) electrons. The maximum atomic E-state index is 6.03. The third-order valence-corrected chi connectivity index (χ3v) is 3.43. The summed E-state index contributed by atoms with van der Waals surface area (Å²) in [5.41, 5.74) is 1.19. The molecule has 0 spiro atoms. The molecular weight excluding hydrogens is 212 g/mol. The molecule has 2 unspecified atom stereocenters. The second-order valence-electron chi connectivity index (χ2n) is 4.93. The summed E-state index contributed by atoms with van der Waals surface area (Å²) in [7, 11) is 6.12. The fraction of sp³-hybridized carbons (Fsp3) is 0.571. The van der Waals surface area contributed by atoms with Crippen LogP contribution in [0.5, 0.6) is 5.75 Å². The van der Waals surface area contributed by atoms with Gasteiger partial charge in [-0.3, -0.25) is 0 Å². The van der Waals surface area contributed by atoms with Gasteiger partial charge in [-0.05, 0) is 38.4 Å². The largest absolute Gasteiger partial charge is 0.490 e. The van der Waals surface area contributed by atoms with Crippen LogP contribution in [0.1, 0.15) is 19.3 Å². The maximum absolute atomic E-state index is 6.03. The van der Waals surface area contributed by atoms with E-state index in [1.807, 2.05) is 27.2 Å². The van der Waals surface area contributed by atoms with E-state index in [0.29, 0.717) is 12.1 Å². The van der Waals surface area contributed by atoms with Crippen LogP contribution in [0.25, 0.3) is 0 Å². The Hall–Kier alpha value is -1.22.